The number of aliphatic carboxylic acids is 1. The molecule has 0 spiro atoms. The van der Waals surface area contributed by atoms with Crippen molar-refractivity contribution >= 4 is 43.7 Å². The molecule has 0 aliphatic heterocycles. The summed E-state index contributed by atoms with van der Waals surface area (Å²) in [4.78, 5) is 9.52. The quantitative estimate of drug-likeness (QED) is 0.383. The molecular weight excluding hydrogens is 156 g/mol. The van der Waals surface area contributed by atoms with Gasteiger partial charge in [0, 0.05) is 37.7 Å². The number of rotatable bonds is 2. The van der Waals surface area contributed by atoms with E-state index in [2.05, 4.69) is 0 Å². The van der Waals surface area contributed by atoms with E-state index < -0.39 is 18.7 Å². The van der Waals surface area contributed by atoms with Gasteiger partial charge in [-0.3, -0.25) is 0 Å². The summed E-state index contributed by atoms with van der Waals surface area (Å²) in [5.74, 6) is -1.40. The Morgan fingerprint density at radius 1 is 1.56 bits per heavy atom. The first-order valence-electron chi connectivity index (χ1n) is 1.70. The molecule has 1 atom stereocenters. The maximum atomic E-state index is 9.52. The molecule has 5 N–H and O–H groups in total. The van der Waals surface area contributed by atoms with E-state index in [1.54, 1.807) is 0 Å². The Balaban J connectivity index is -0.000000180. The van der Waals surface area contributed by atoms with Crippen LogP contribution in [-0.2, 0) is 4.79 Å². The van der Waals surface area contributed by atoms with Gasteiger partial charge in [0.25, 0.3) is 0 Å². The van der Waals surface area contributed by atoms with Crippen molar-refractivity contribution in [3.05, 3.63) is 0 Å². The average Bonchev–Trinajstić information content (AvgIpc) is 1.65. The predicted molar refractivity (Wildman–Crippen MR) is 30.1 cm³/mol. The maximum absolute atomic E-state index is 9.52. The molecule has 0 aromatic carbocycles. The topological polar surface area (TPSA) is 109 Å². The summed E-state index contributed by atoms with van der Waals surface area (Å²) in [6.07, 6.45) is -1.63. The van der Waals surface area contributed by atoms with Crippen LogP contribution < -0.4 is 0 Å². The van der Waals surface area contributed by atoms with Crippen molar-refractivity contribution in [2.24, 2.45) is 0 Å². The third kappa shape index (κ3) is 8.61. The largest absolute Gasteiger partial charge is 0.479 e. The summed E-state index contributed by atoms with van der Waals surface area (Å²) < 4.78 is 0. The Labute approximate surface area is 81.6 Å². The minimum atomic E-state index is -1.63. The summed E-state index contributed by atoms with van der Waals surface area (Å²) in [7, 11) is 0. The molecule has 5 nitrogen and oxygen atoms in total. The molecule has 52 valence electrons. The predicted octanol–water partition coefficient (Wildman–Crippen LogP) is -2.78. The number of hydrogen-bond acceptors (Lipinski definition) is 3. The standard InChI is InChI=1S/C3H6O4.Ca.H2O/c4-1-2(5)3(6)7;;/h2,4-5H,1H2,(H,6,7);;1H2/t2-;;/m1../s1. The van der Waals surface area contributed by atoms with Crippen LogP contribution in [0.5, 0.6) is 0 Å². The number of hydrogen-bond donors (Lipinski definition) is 3. The van der Waals surface area contributed by atoms with Gasteiger partial charge in [-0.05, 0) is 0 Å². The molecule has 9 heavy (non-hydrogen) atoms. The average molecular weight is 164 g/mol. The fourth-order valence-corrected chi connectivity index (χ4v) is 0.0781. The Bertz CT molecular complexity index is 74.6. The Kier molecular flexibility index (Phi) is 15.6. The van der Waals surface area contributed by atoms with Crippen molar-refractivity contribution in [1.82, 2.24) is 0 Å². The molecular formula is C3H8CaO5. The molecule has 0 unspecified atom stereocenters. The molecule has 0 bridgehead atoms. The van der Waals surface area contributed by atoms with Gasteiger partial charge < -0.3 is 20.8 Å². The number of aliphatic hydroxyl groups is 2. The van der Waals surface area contributed by atoms with Crippen molar-refractivity contribution in [1.29, 1.82) is 0 Å². The van der Waals surface area contributed by atoms with Gasteiger partial charge >= 0.3 is 5.97 Å². The van der Waals surface area contributed by atoms with Crippen molar-refractivity contribution in [3.63, 3.8) is 0 Å². The van der Waals surface area contributed by atoms with E-state index in [1.165, 1.54) is 0 Å². The molecule has 0 aliphatic rings. The second kappa shape index (κ2) is 8.61. The van der Waals surface area contributed by atoms with E-state index in [0.29, 0.717) is 0 Å². The molecule has 0 aromatic heterocycles. The van der Waals surface area contributed by atoms with Crippen LogP contribution in [0.15, 0.2) is 0 Å². The van der Waals surface area contributed by atoms with Gasteiger partial charge in [-0.25, -0.2) is 4.79 Å². The third-order valence-electron chi connectivity index (χ3n) is 0.458. The SMILES string of the molecule is O.O=C(O)[C@H](O)CO.[Ca]. The molecule has 6 heteroatoms. The van der Waals surface area contributed by atoms with E-state index in [9.17, 15) is 4.79 Å². The number of aliphatic hydroxyl groups excluding tert-OH is 2. The van der Waals surface area contributed by atoms with Crippen LogP contribution in [0.2, 0.25) is 0 Å². The zero-order valence-electron chi connectivity index (χ0n) is 4.74. The van der Waals surface area contributed by atoms with Crippen molar-refractivity contribution in [2.45, 2.75) is 6.10 Å². The van der Waals surface area contributed by atoms with E-state index >= 15 is 0 Å². The van der Waals surface area contributed by atoms with Crippen molar-refractivity contribution in [2.75, 3.05) is 6.61 Å². The summed E-state index contributed by atoms with van der Waals surface area (Å²) in [5.41, 5.74) is 0. The van der Waals surface area contributed by atoms with E-state index in [-0.39, 0.29) is 43.2 Å². The van der Waals surface area contributed by atoms with Gasteiger partial charge in [0.05, 0.1) is 6.61 Å². The van der Waals surface area contributed by atoms with Crippen LogP contribution in [0.1, 0.15) is 0 Å². The van der Waals surface area contributed by atoms with E-state index in [1.807, 2.05) is 0 Å². The van der Waals surface area contributed by atoms with Crippen molar-refractivity contribution < 1.29 is 25.6 Å². The van der Waals surface area contributed by atoms with Crippen LogP contribution >= 0.6 is 0 Å². The first-order valence-corrected chi connectivity index (χ1v) is 1.70. The number of carbonyl (C=O) groups is 1. The van der Waals surface area contributed by atoms with Gasteiger partial charge in [0.15, 0.2) is 6.10 Å². The molecule has 0 fully saturated rings. The van der Waals surface area contributed by atoms with Crippen LogP contribution in [0.25, 0.3) is 0 Å². The summed E-state index contributed by atoms with van der Waals surface area (Å²) in [6, 6.07) is 0. The minimum absolute atomic E-state index is 0. The summed E-state index contributed by atoms with van der Waals surface area (Å²) in [6.45, 7) is -0.727. The zero-order valence-corrected chi connectivity index (χ0v) is 6.95. The molecule has 0 saturated carbocycles. The van der Waals surface area contributed by atoms with Gasteiger partial charge in [0.2, 0.25) is 0 Å². The van der Waals surface area contributed by atoms with E-state index in [0.717, 1.165) is 0 Å². The summed E-state index contributed by atoms with van der Waals surface area (Å²) >= 11 is 0. The van der Waals surface area contributed by atoms with Gasteiger partial charge in [0.1, 0.15) is 0 Å². The van der Waals surface area contributed by atoms with E-state index in [4.69, 9.17) is 15.3 Å². The number of carboxylic acid groups (broad SMARTS) is 1. The van der Waals surface area contributed by atoms with Crippen LogP contribution in [0.4, 0.5) is 0 Å². The molecule has 0 aromatic rings. The third-order valence-corrected chi connectivity index (χ3v) is 0.458. The summed E-state index contributed by atoms with van der Waals surface area (Å²) in [5, 5.41) is 23.7. The zero-order chi connectivity index (χ0) is 5.86. The first-order chi connectivity index (χ1) is 3.18. The van der Waals surface area contributed by atoms with Crippen LogP contribution in [0.3, 0.4) is 0 Å². The molecule has 0 amide bonds. The normalized spacial score (nSPS) is 10.4. The Hall–Kier alpha value is 0.610. The second-order valence-electron chi connectivity index (χ2n) is 1.04. The monoisotopic (exact) mass is 164 g/mol. The minimum Gasteiger partial charge on any atom is -0.479 e. The molecule has 0 saturated heterocycles. The Morgan fingerprint density at radius 3 is 1.89 bits per heavy atom. The molecule has 0 heterocycles. The molecule has 0 aliphatic carbocycles. The Morgan fingerprint density at radius 2 is 1.89 bits per heavy atom. The van der Waals surface area contributed by atoms with Gasteiger partial charge in [-0.2, -0.15) is 0 Å². The molecule has 0 rings (SSSR count). The van der Waals surface area contributed by atoms with Crippen LogP contribution in [0, 0.1) is 0 Å². The maximum Gasteiger partial charge on any atom is 0.334 e. The van der Waals surface area contributed by atoms with Crippen LogP contribution in [-0.4, -0.2) is 77.2 Å². The fraction of sp³-hybridized carbons (Fsp3) is 0.667. The smallest absolute Gasteiger partial charge is 0.334 e. The second-order valence-corrected chi connectivity index (χ2v) is 1.04. The number of carboxylic acids is 1. The van der Waals surface area contributed by atoms with Gasteiger partial charge in [-0.15, -0.1) is 0 Å². The fourth-order valence-electron chi connectivity index (χ4n) is 0.0781. The van der Waals surface area contributed by atoms with Gasteiger partial charge in [-0.1, -0.05) is 0 Å². The first kappa shape index (κ1) is 16.3. The molecule has 2 radical (unpaired) electrons. The van der Waals surface area contributed by atoms with Crippen molar-refractivity contribution in [3.8, 4) is 0 Å².